The summed E-state index contributed by atoms with van der Waals surface area (Å²) in [5.41, 5.74) is 5.59. The van der Waals surface area contributed by atoms with Crippen LogP contribution < -0.4 is 10.9 Å². The molecule has 0 bridgehead atoms. The van der Waals surface area contributed by atoms with E-state index in [-0.39, 0.29) is 11.9 Å². The minimum atomic E-state index is -0.600. The molecule has 5 unspecified atom stereocenters. The number of hydrogen-bond donors (Lipinski definition) is 2. The maximum Gasteiger partial charge on any atom is 0.253 e. The van der Waals surface area contributed by atoms with Crippen molar-refractivity contribution in [2.45, 2.75) is 63.2 Å². The summed E-state index contributed by atoms with van der Waals surface area (Å²) in [5, 5.41) is -0.498. The molecule has 1 amide bonds. The lowest BCUT2D eigenvalue weighted by atomic mass is 9.79. The number of alkyl halides is 2. The van der Waals surface area contributed by atoms with E-state index in [4.69, 9.17) is 11.6 Å². The molecule has 2 heterocycles. The third kappa shape index (κ3) is 4.46. The van der Waals surface area contributed by atoms with Crippen molar-refractivity contribution in [1.29, 1.82) is 0 Å². The Hall–Kier alpha value is -0.430. The second-order valence-corrected chi connectivity index (χ2v) is 8.52. The van der Waals surface area contributed by atoms with Crippen molar-refractivity contribution in [3.05, 3.63) is 0 Å². The number of rotatable bonds is 4. The van der Waals surface area contributed by atoms with Gasteiger partial charge in [0.1, 0.15) is 11.5 Å². The summed E-state index contributed by atoms with van der Waals surface area (Å²) in [4.78, 5) is 16.8. The van der Waals surface area contributed by atoms with E-state index >= 15 is 0 Å². The molecule has 0 aromatic carbocycles. The topological polar surface area (TPSA) is 47.6 Å². The van der Waals surface area contributed by atoms with Crippen LogP contribution in [0.1, 0.15) is 39.5 Å². The number of hydrogen-bond acceptors (Lipinski definition) is 4. The minimum absolute atomic E-state index is 0.0448. The summed E-state index contributed by atoms with van der Waals surface area (Å²) >= 11 is 6.37. The fourth-order valence-electron chi connectivity index (χ4n) is 4.77. The van der Waals surface area contributed by atoms with Crippen molar-refractivity contribution in [2.24, 2.45) is 11.8 Å². The molecule has 0 spiro atoms. The first-order chi connectivity index (χ1) is 12.0. The van der Waals surface area contributed by atoms with Crippen LogP contribution in [0.4, 0.5) is 4.39 Å². The number of piperazine rings is 1. The van der Waals surface area contributed by atoms with Crippen molar-refractivity contribution >= 4 is 17.5 Å². The Morgan fingerprint density at radius 1 is 1.32 bits per heavy atom. The first-order valence-electron chi connectivity index (χ1n) is 9.78. The maximum absolute atomic E-state index is 13.6. The highest BCUT2D eigenvalue weighted by molar-refractivity contribution is 6.31. The van der Waals surface area contributed by atoms with Gasteiger partial charge in [0.05, 0.1) is 0 Å². The molecule has 5 nitrogen and oxygen atoms in total. The first kappa shape index (κ1) is 19.3. The Balaban J connectivity index is 1.57. The van der Waals surface area contributed by atoms with E-state index in [0.29, 0.717) is 24.4 Å². The van der Waals surface area contributed by atoms with E-state index in [1.54, 1.807) is 0 Å². The molecule has 2 saturated heterocycles. The van der Waals surface area contributed by atoms with E-state index in [0.717, 1.165) is 51.9 Å². The van der Waals surface area contributed by atoms with Crippen LogP contribution in [0.5, 0.6) is 0 Å². The second-order valence-electron chi connectivity index (χ2n) is 8.05. The third-order valence-electron chi connectivity index (χ3n) is 6.40. The summed E-state index contributed by atoms with van der Waals surface area (Å²) < 4.78 is 13.6. The van der Waals surface area contributed by atoms with E-state index < -0.39 is 11.5 Å². The lowest BCUT2D eigenvalue weighted by Gasteiger charge is -2.48. The Labute approximate surface area is 155 Å². The van der Waals surface area contributed by atoms with E-state index in [1.807, 2.05) is 0 Å². The average molecular weight is 375 g/mol. The van der Waals surface area contributed by atoms with Crippen molar-refractivity contribution < 1.29 is 9.18 Å². The summed E-state index contributed by atoms with van der Waals surface area (Å²) in [5.74, 6) is 0.950. The van der Waals surface area contributed by atoms with Crippen LogP contribution in [0.2, 0.25) is 0 Å². The molecular weight excluding hydrogens is 343 g/mol. The van der Waals surface area contributed by atoms with Crippen molar-refractivity contribution in [1.82, 2.24) is 20.7 Å². The standard InChI is InChI=1S/C18H32ClFN4O/c1-3-15-11-23(10-13-4-5-14(20)8-12(13)2)6-7-24(15)16-9-21-22-18(25)17(16)19/h12-17,21H,3-11H2,1-2H3,(H,22,25)/t12?,13?,14?,15-,16?,17?/m1/s1. The van der Waals surface area contributed by atoms with Gasteiger partial charge in [-0.15, -0.1) is 11.6 Å². The Bertz CT molecular complexity index is 468. The molecule has 3 rings (SSSR count). The number of nitrogens with zero attached hydrogens (tertiary/aromatic N) is 2. The lowest BCUT2D eigenvalue weighted by molar-refractivity contribution is -0.125. The minimum Gasteiger partial charge on any atom is -0.300 e. The molecule has 6 atom stereocenters. The lowest BCUT2D eigenvalue weighted by Crippen LogP contribution is -2.67. The van der Waals surface area contributed by atoms with E-state index in [1.165, 1.54) is 0 Å². The number of amides is 1. The van der Waals surface area contributed by atoms with Gasteiger partial charge in [0.2, 0.25) is 0 Å². The maximum atomic E-state index is 13.6. The van der Waals surface area contributed by atoms with Gasteiger partial charge in [0, 0.05) is 44.8 Å². The van der Waals surface area contributed by atoms with Gasteiger partial charge < -0.3 is 4.90 Å². The largest absolute Gasteiger partial charge is 0.300 e. The zero-order valence-electron chi connectivity index (χ0n) is 15.4. The van der Waals surface area contributed by atoms with Crippen LogP contribution in [0.25, 0.3) is 0 Å². The zero-order valence-corrected chi connectivity index (χ0v) is 16.1. The molecule has 0 aromatic heterocycles. The molecule has 3 fully saturated rings. The molecule has 2 aliphatic heterocycles. The highest BCUT2D eigenvalue weighted by Crippen LogP contribution is 2.33. The number of hydrazine groups is 1. The molecular formula is C18H32ClFN4O. The molecule has 144 valence electrons. The van der Waals surface area contributed by atoms with Crippen molar-refractivity contribution in [2.75, 3.05) is 32.7 Å². The van der Waals surface area contributed by atoms with Crippen LogP contribution in [0.15, 0.2) is 0 Å². The summed E-state index contributed by atoms with van der Waals surface area (Å²) in [6.45, 7) is 9.13. The third-order valence-corrected chi connectivity index (χ3v) is 6.89. The molecule has 7 heteroatoms. The fraction of sp³-hybridized carbons (Fsp3) is 0.944. The van der Waals surface area contributed by atoms with Crippen LogP contribution in [-0.4, -0.2) is 72.1 Å². The fourth-order valence-corrected chi connectivity index (χ4v) is 5.06. The van der Waals surface area contributed by atoms with Gasteiger partial charge in [0.15, 0.2) is 0 Å². The highest BCUT2D eigenvalue weighted by Gasteiger charge is 2.40. The first-order valence-corrected chi connectivity index (χ1v) is 10.2. The Kier molecular flexibility index (Phi) is 6.58. The van der Waals surface area contributed by atoms with E-state index in [9.17, 15) is 9.18 Å². The van der Waals surface area contributed by atoms with Crippen molar-refractivity contribution in [3.8, 4) is 0 Å². The summed E-state index contributed by atoms with van der Waals surface area (Å²) in [7, 11) is 0. The van der Waals surface area contributed by atoms with Gasteiger partial charge in [-0.05, 0) is 37.5 Å². The number of carbonyl (C=O) groups is 1. The Morgan fingerprint density at radius 2 is 2.12 bits per heavy atom. The van der Waals surface area contributed by atoms with Crippen LogP contribution in [-0.2, 0) is 4.79 Å². The molecule has 2 N–H and O–H groups in total. The average Bonchev–Trinajstić information content (AvgIpc) is 2.60. The summed E-state index contributed by atoms with van der Waals surface area (Å²) in [6, 6.07) is 0.462. The zero-order chi connectivity index (χ0) is 18.0. The normalized spacial score (nSPS) is 41.5. The smallest absolute Gasteiger partial charge is 0.253 e. The predicted octanol–water partition coefficient (Wildman–Crippen LogP) is 1.77. The van der Waals surface area contributed by atoms with Crippen LogP contribution >= 0.6 is 11.6 Å². The molecule has 25 heavy (non-hydrogen) atoms. The van der Waals surface area contributed by atoms with Gasteiger partial charge in [-0.1, -0.05) is 13.8 Å². The van der Waals surface area contributed by atoms with Gasteiger partial charge in [-0.25, -0.2) is 9.82 Å². The number of halogens is 2. The Morgan fingerprint density at radius 3 is 2.84 bits per heavy atom. The van der Waals surface area contributed by atoms with Crippen LogP contribution in [0.3, 0.4) is 0 Å². The number of nitrogens with one attached hydrogen (secondary N) is 2. The van der Waals surface area contributed by atoms with E-state index in [2.05, 4.69) is 34.5 Å². The quantitative estimate of drug-likeness (QED) is 0.736. The van der Waals surface area contributed by atoms with Crippen molar-refractivity contribution in [3.63, 3.8) is 0 Å². The molecule has 1 aliphatic carbocycles. The molecule has 3 aliphatic rings. The SMILES string of the molecule is CC[C@@H]1CN(CC2CCC(F)CC2C)CCN1C1CNNC(=O)C1Cl. The van der Waals surface area contributed by atoms with Gasteiger partial charge >= 0.3 is 0 Å². The van der Waals surface area contributed by atoms with Crippen LogP contribution in [0, 0.1) is 11.8 Å². The predicted molar refractivity (Wildman–Crippen MR) is 98.2 cm³/mol. The number of carbonyl (C=O) groups excluding carboxylic acids is 1. The van der Waals surface area contributed by atoms with Gasteiger partial charge in [-0.3, -0.25) is 15.1 Å². The highest BCUT2D eigenvalue weighted by atomic mass is 35.5. The molecule has 0 radical (unpaired) electrons. The monoisotopic (exact) mass is 374 g/mol. The second kappa shape index (κ2) is 8.51. The molecule has 1 saturated carbocycles. The summed E-state index contributed by atoms with van der Waals surface area (Å²) in [6.07, 6.45) is 2.90. The van der Waals surface area contributed by atoms with Gasteiger partial charge in [-0.2, -0.15) is 0 Å². The molecule has 0 aromatic rings. The van der Waals surface area contributed by atoms with Gasteiger partial charge in [0.25, 0.3) is 5.91 Å².